The van der Waals surface area contributed by atoms with Crippen LogP contribution in [0.3, 0.4) is 0 Å². The molecule has 0 amide bonds. The van der Waals surface area contributed by atoms with Crippen molar-refractivity contribution in [3.05, 3.63) is 85.1 Å². The Kier molecular flexibility index (Phi) is 3.91. The molecule has 0 spiro atoms. The Bertz CT molecular complexity index is 1170. The van der Waals surface area contributed by atoms with E-state index in [2.05, 4.69) is 25.6 Å². The minimum atomic E-state index is -0.803. The van der Waals surface area contributed by atoms with Crippen molar-refractivity contribution in [1.82, 2.24) is 25.6 Å². The van der Waals surface area contributed by atoms with Crippen LogP contribution >= 0.6 is 0 Å². The Balaban J connectivity index is 1.93. The Labute approximate surface area is 151 Å². The second-order valence-electron chi connectivity index (χ2n) is 6.26. The number of nitrogens with zero attached hydrogens (tertiary/aromatic N) is 1. The van der Waals surface area contributed by atoms with Crippen LogP contribution in [0.5, 0.6) is 0 Å². The highest BCUT2D eigenvalue weighted by Crippen LogP contribution is 2.33. The number of rotatable bonds is 4. The maximum absolute atomic E-state index is 14.1. The zero-order valence-electron chi connectivity index (χ0n) is 14.5. The van der Waals surface area contributed by atoms with Crippen molar-refractivity contribution >= 4 is 0 Å². The summed E-state index contributed by atoms with van der Waals surface area (Å²) in [5, 5.41) is 14.5. The van der Waals surface area contributed by atoms with Crippen molar-refractivity contribution in [3.8, 4) is 11.3 Å². The van der Waals surface area contributed by atoms with E-state index in [0.29, 0.717) is 22.5 Å². The summed E-state index contributed by atoms with van der Waals surface area (Å²) in [6.07, 6.45) is 0. The molecular formula is C18H16FN5O3. The van der Waals surface area contributed by atoms with Gasteiger partial charge >= 0.3 is 0 Å². The fourth-order valence-corrected chi connectivity index (χ4v) is 3.26. The van der Waals surface area contributed by atoms with Gasteiger partial charge in [-0.25, -0.2) is 4.39 Å². The second kappa shape index (κ2) is 6.27. The highest BCUT2D eigenvalue weighted by atomic mass is 19.1. The zero-order chi connectivity index (χ0) is 19.1. The smallest absolute Gasteiger partial charge is 0.268 e. The van der Waals surface area contributed by atoms with Crippen LogP contribution in [0, 0.1) is 19.7 Å². The Morgan fingerprint density at radius 2 is 1.56 bits per heavy atom. The van der Waals surface area contributed by atoms with Crippen LogP contribution in [-0.4, -0.2) is 25.6 Å². The fraction of sp³-hybridized carbons (Fsp3) is 0.167. The summed E-state index contributed by atoms with van der Waals surface area (Å²) in [5.74, 6) is -0.988. The van der Waals surface area contributed by atoms with E-state index in [1.165, 1.54) is 6.07 Å². The molecule has 4 aromatic rings. The number of aromatic nitrogens is 5. The third kappa shape index (κ3) is 2.73. The first-order valence-electron chi connectivity index (χ1n) is 8.23. The molecular weight excluding hydrogens is 353 g/mol. The Hall–Kier alpha value is -3.62. The van der Waals surface area contributed by atoms with Gasteiger partial charge in [0.1, 0.15) is 17.3 Å². The van der Waals surface area contributed by atoms with E-state index in [4.69, 9.17) is 4.52 Å². The normalized spacial score (nSPS) is 11.4. The molecule has 3 aromatic heterocycles. The molecule has 0 saturated heterocycles. The largest absolute Gasteiger partial charge is 0.360 e. The number of nitrogens with one attached hydrogen (secondary N) is 4. The van der Waals surface area contributed by atoms with Crippen molar-refractivity contribution < 1.29 is 8.91 Å². The van der Waals surface area contributed by atoms with E-state index in [1.807, 2.05) is 0 Å². The van der Waals surface area contributed by atoms with Crippen LogP contribution in [-0.2, 0) is 0 Å². The zero-order valence-corrected chi connectivity index (χ0v) is 14.5. The quantitative estimate of drug-likeness (QED) is 0.441. The molecule has 138 valence electrons. The molecule has 0 atom stereocenters. The maximum atomic E-state index is 14.1. The third-order valence-corrected chi connectivity index (χ3v) is 4.56. The van der Waals surface area contributed by atoms with E-state index in [9.17, 15) is 14.0 Å². The second-order valence-corrected chi connectivity index (χ2v) is 6.26. The molecule has 0 bridgehead atoms. The summed E-state index contributed by atoms with van der Waals surface area (Å²) in [6.45, 7) is 3.43. The summed E-state index contributed by atoms with van der Waals surface area (Å²) in [6, 6.07) is 7.71. The molecule has 4 rings (SSSR count). The fourth-order valence-electron chi connectivity index (χ4n) is 3.26. The molecule has 3 heterocycles. The summed E-state index contributed by atoms with van der Waals surface area (Å²) in [5.41, 5.74) is 1.59. The molecule has 0 aliphatic heterocycles. The Morgan fingerprint density at radius 3 is 2.07 bits per heavy atom. The number of H-pyrrole nitrogens is 4. The SMILES string of the molecule is Cc1[nH][nH]c(=O)c1C(c1cc(-c2ccccc2F)no1)c1c(C)[nH][nH]c1=O. The summed E-state index contributed by atoms with van der Waals surface area (Å²) >= 11 is 0. The average molecular weight is 369 g/mol. The van der Waals surface area contributed by atoms with Gasteiger partial charge < -0.3 is 14.7 Å². The van der Waals surface area contributed by atoms with Crippen LogP contribution in [0.25, 0.3) is 11.3 Å². The molecule has 0 saturated carbocycles. The van der Waals surface area contributed by atoms with E-state index in [-0.39, 0.29) is 28.1 Å². The predicted molar refractivity (Wildman–Crippen MR) is 95.1 cm³/mol. The maximum Gasteiger partial charge on any atom is 0.268 e. The third-order valence-electron chi connectivity index (χ3n) is 4.56. The summed E-state index contributed by atoms with van der Waals surface area (Å²) in [4.78, 5) is 24.7. The lowest BCUT2D eigenvalue weighted by atomic mass is 9.89. The summed E-state index contributed by atoms with van der Waals surface area (Å²) in [7, 11) is 0. The van der Waals surface area contributed by atoms with Crippen molar-refractivity contribution in [1.29, 1.82) is 0 Å². The molecule has 0 fully saturated rings. The number of halogens is 1. The highest BCUT2D eigenvalue weighted by molar-refractivity contribution is 5.60. The minimum absolute atomic E-state index is 0.259. The molecule has 4 N–H and O–H groups in total. The van der Waals surface area contributed by atoms with Gasteiger partial charge in [0.25, 0.3) is 11.1 Å². The molecule has 27 heavy (non-hydrogen) atoms. The van der Waals surface area contributed by atoms with Gasteiger partial charge in [-0.3, -0.25) is 19.8 Å². The monoisotopic (exact) mass is 369 g/mol. The van der Waals surface area contributed by atoms with Gasteiger partial charge in [-0.05, 0) is 26.0 Å². The van der Waals surface area contributed by atoms with Gasteiger partial charge in [0.2, 0.25) is 0 Å². The van der Waals surface area contributed by atoms with Gasteiger partial charge in [-0.1, -0.05) is 17.3 Å². The van der Waals surface area contributed by atoms with Crippen molar-refractivity contribution in [2.24, 2.45) is 0 Å². The van der Waals surface area contributed by atoms with Crippen molar-refractivity contribution in [2.45, 2.75) is 19.8 Å². The highest BCUT2D eigenvalue weighted by Gasteiger charge is 2.31. The van der Waals surface area contributed by atoms with Gasteiger partial charge in [0.15, 0.2) is 0 Å². The molecule has 8 nitrogen and oxygen atoms in total. The van der Waals surface area contributed by atoms with Crippen LogP contribution in [0.15, 0.2) is 44.4 Å². The van der Waals surface area contributed by atoms with E-state index in [0.717, 1.165) is 0 Å². The van der Waals surface area contributed by atoms with Crippen LogP contribution in [0.1, 0.15) is 34.2 Å². The van der Waals surface area contributed by atoms with Gasteiger partial charge in [-0.2, -0.15) is 0 Å². The molecule has 0 unspecified atom stereocenters. The lowest BCUT2D eigenvalue weighted by Crippen LogP contribution is -2.19. The van der Waals surface area contributed by atoms with Gasteiger partial charge in [0.05, 0.1) is 17.0 Å². The van der Waals surface area contributed by atoms with Crippen LogP contribution in [0.2, 0.25) is 0 Å². The molecule has 0 aliphatic carbocycles. The predicted octanol–water partition coefficient (Wildman–Crippen LogP) is 2.31. The average Bonchev–Trinajstić information content (AvgIpc) is 3.33. The first-order valence-corrected chi connectivity index (χ1v) is 8.23. The molecule has 0 radical (unpaired) electrons. The van der Waals surface area contributed by atoms with E-state index in [1.54, 1.807) is 38.1 Å². The Morgan fingerprint density at radius 1 is 0.963 bits per heavy atom. The van der Waals surface area contributed by atoms with Gasteiger partial charge in [-0.15, -0.1) is 0 Å². The lowest BCUT2D eigenvalue weighted by Gasteiger charge is -2.11. The minimum Gasteiger partial charge on any atom is -0.360 e. The van der Waals surface area contributed by atoms with E-state index < -0.39 is 11.7 Å². The van der Waals surface area contributed by atoms with Crippen molar-refractivity contribution in [2.75, 3.05) is 0 Å². The van der Waals surface area contributed by atoms with Crippen LogP contribution in [0.4, 0.5) is 4.39 Å². The van der Waals surface area contributed by atoms with Gasteiger partial charge in [0, 0.05) is 23.0 Å². The molecule has 9 heteroatoms. The molecule has 1 aromatic carbocycles. The number of hydrogen-bond donors (Lipinski definition) is 4. The lowest BCUT2D eigenvalue weighted by molar-refractivity contribution is 0.380. The first kappa shape index (κ1) is 16.8. The van der Waals surface area contributed by atoms with E-state index >= 15 is 0 Å². The topological polar surface area (TPSA) is 123 Å². The standard InChI is InChI=1S/C18H16FN5O3/c1-8-14(17(25)22-20-8)16(15-9(2)21-23-18(15)26)13-7-12(24-27-13)10-5-3-4-6-11(10)19/h3-7,16H,1-2H3,(H2,20,22,25)(H2,21,23,26). The number of aromatic amines is 4. The molecule has 0 aliphatic rings. The van der Waals surface area contributed by atoms with Crippen LogP contribution < -0.4 is 11.1 Å². The number of benzene rings is 1. The number of hydrogen-bond acceptors (Lipinski definition) is 4. The summed E-state index contributed by atoms with van der Waals surface area (Å²) < 4.78 is 19.5. The number of aryl methyl sites for hydroxylation is 2. The van der Waals surface area contributed by atoms with Crippen molar-refractivity contribution in [3.63, 3.8) is 0 Å². The first-order chi connectivity index (χ1) is 13.0.